The fourth-order valence-electron chi connectivity index (χ4n) is 1.81. The van der Waals surface area contributed by atoms with Gasteiger partial charge >= 0.3 is 0 Å². The van der Waals surface area contributed by atoms with E-state index in [-0.39, 0.29) is 5.78 Å². The number of ketones is 1. The van der Waals surface area contributed by atoms with Crippen LogP contribution in [0.1, 0.15) is 21.7 Å². The van der Waals surface area contributed by atoms with Gasteiger partial charge in [0.1, 0.15) is 5.75 Å². The third-order valence-electron chi connectivity index (χ3n) is 2.77. The molecule has 0 aliphatic carbocycles. The van der Waals surface area contributed by atoms with E-state index < -0.39 is 0 Å². The standard InChI is InChI=1S/C15H15BrN2O2S/c1-9-6-10(2)18-15(17-9)21-8-13(19)11-4-5-14(20-3)12(16)7-11/h4-7H,8H2,1-3H3. The normalized spacial score (nSPS) is 10.5. The maximum Gasteiger partial charge on any atom is 0.188 e. The lowest BCUT2D eigenvalue weighted by molar-refractivity contribution is 0.102. The number of hydrogen-bond donors (Lipinski definition) is 0. The molecule has 4 nitrogen and oxygen atoms in total. The van der Waals surface area contributed by atoms with Crippen LogP contribution in [0.25, 0.3) is 0 Å². The number of rotatable bonds is 5. The Hall–Kier alpha value is -1.40. The van der Waals surface area contributed by atoms with Gasteiger partial charge in [0, 0.05) is 17.0 Å². The smallest absolute Gasteiger partial charge is 0.188 e. The van der Waals surface area contributed by atoms with Gasteiger partial charge in [-0.1, -0.05) is 11.8 Å². The number of hydrogen-bond acceptors (Lipinski definition) is 5. The van der Waals surface area contributed by atoms with E-state index >= 15 is 0 Å². The number of thioether (sulfide) groups is 1. The molecule has 0 saturated carbocycles. The largest absolute Gasteiger partial charge is 0.496 e. The minimum atomic E-state index is 0.0334. The molecule has 1 aromatic carbocycles. The zero-order valence-corrected chi connectivity index (χ0v) is 14.4. The lowest BCUT2D eigenvalue weighted by atomic mass is 10.1. The van der Waals surface area contributed by atoms with Crippen molar-refractivity contribution in [1.82, 2.24) is 9.97 Å². The van der Waals surface area contributed by atoms with Gasteiger partial charge in [0.2, 0.25) is 0 Å². The van der Waals surface area contributed by atoms with E-state index in [1.54, 1.807) is 25.3 Å². The van der Waals surface area contributed by atoms with Crippen LogP contribution in [-0.4, -0.2) is 28.6 Å². The molecule has 0 radical (unpaired) electrons. The second-order valence-corrected chi connectivity index (χ2v) is 6.29. The summed E-state index contributed by atoms with van der Waals surface area (Å²) in [7, 11) is 1.59. The molecule has 0 unspecified atom stereocenters. The van der Waals surface area contributed by atoms with Crippen molar-refractivity contribution in [3.05, 3.63) is 45.7 Å². The van der Waals surface area contributed by atoms with Gasteiger partial charge in [-0.15, -0.1) is 0 Å². The first kappa shape index (κ1) is 16.0. The van der Waals surface area contributed by atoms with Crippen molar-refractivity contribution in [3.63, 3.8) is 0 Å². The second-order valence-electron chi connectivity index (χ2n) is 4.49. The third kappa shape index (κ3) is 4.28. The molecular weight excluding hydrogens is 352 g/mol. The Balaban J connectivity index is 2.06. The summed E-state index contributed by atoms with van der Waals surface area (Å²) in [5.74, 6) is 1.05. The first-order chi connectivity index (χ1) is 9.99. The monoisotopic (exact) mass is 366 g/mol. The first-order valence-corrected chi connectivity index (χ1v) is 8.09. The molecule has 21 heavy (non-hydrogen) atoms. The van der Waals surface area contributed by atoms with E-state index in [0.717, 1.165) is 15.9 Å². The van der Waals surface area contributed by atoms with Crippen LogP contribution in [0.4, 0.5) is 0 Å². The van der Waals surface area contributed by atoms with Gasteiger partial charge in [-0.25, -0.2) is 9.97 Å². The minimum Gasteiger partial charge on any atom is -0.496 e. The highest BCUT2D eigenvalue weighted by atomic mass is 79.9. The van der Waals surface area contributed by atoms with Crippen LogP contribution >= 0.6 is 27.7 Å². The van der Waals surface area contributed by atoms with Crippen molar-refractivity contribution in [1.29, 1.82) is 0 Å². The van der Waals surface area contributed by atoms with Crippen molar-refractivity contribution in [2.75, 3.05) is 12.9 Å². The summed E-state index contributed by atoms with van der Waals surface area (Å²) in [4.78, 5) is 20.8. The number of halogens is 1. The lowest BCUT2D eigenvalue weighted by Gasteiger charge is -2.06. The van der Waals surface area contributed by atoms with E-state index in [2.05, 4.69) is 25.9 Å². The molecule has 0 spiro atoms. The van der Waals surface area contributed by atoms with Gasteiger partial charge in [-0.05, 0) is 54.0 Å². The molecule has 1 aromatic heterocycles. The lowest BCUT2D eigenvalue weighted by Crippen LogP contribution is -2.04. The van der Waals surface area contributed by atoms with E-state index in [9.17, 15) is 4.79 Å². The maximum atomic E-state index is 12.2. The number of aryl methyl sites for hydroxylation is 2. The van der Waals surface area contributed by atoms with Gasteiger partial charge in [-0.3, -0.25) is 4.79 Å². The van der Waals surface area contributed by atoms with E-state index in [4.69, 9.17) is 4.74 Å². The Bertz CT molecular complexity index is 656. The molecule has 1 heterocycles. The first-order valence-electron chi connectivity index (χ1n) is 6.31. The summed E-state index contributed by atoms with van der Waals surface area (Å²) in [6, 6.07) is 7.21. The van der Waals surface area contributed by atoms with Gasteiger partial charge in [0.05, 0.1) is 17.3 Å². The molecule has 0 fully saturated rings. The average molecular weight is 367 g/mol. The molecule has 0 atom stereocenters. The van der Waals surface area contributed by atoms with Crippen LogP contribution in [0.15, 0.2) is 33.9 Å². The van der Waals surface area contributed by atoms with E-state index in [1.165, 1.54) is 11.8 Å². The van der Waals surface area contributed by atoms with Crippen molar-refractivity contribution in [2.45, 2.75) is 19.0 Å². The molecule has 0 aliphatic heterocycles. The summed E-state index contributed by atoms with van der Waals surface area (Å²) < 4.78 is 5.92. The summed E-state index contributed by atoms with van der Waals surface area (Å²) in [6.45, 7) is 3.84. The molecule has 0 bridgehead atoms. The minimum absolute atomic E-state index is 0.0334. The SMILES string of the molecule is COc1ccc(C(=O)CSc2nc(C)cc(C)n2)cc1Br. The van der Waals surface area contributed by atoms with Crippen molar-refractivity contribution < 1.29 is 9.53 Å². The molecule has 0 N–H and O–H groups in total. The predicted octanol–water partition coefficient (Wildman–Crippen LogP) is 3.84. The van der Waals surface area contributed by atoms with Crippen molar-refractivity contribution in [3.8, 4) is 5.75 Å². The highest BCUT2D eigenvalue weighted by molar-refractivity contribution is 9.10. The molecule has 2 rings (SSSR count). The maximum absolute atomic E-state index is 12.2. The molecule has 2 aromatic rings. The third-order valence-corrected chi connectivity index (χ3v) is 4.23. The Morgan fingerprint density at radius 1 is 1.24 bits per heavy atom. The zero-order chi connectivity index (χ0) is 15.4. The second kappa shape index (κ2) is 7.04. The molecular formula is C15H15BrN2O2S. The molecule has 0 saturated heterocycles. The zero-order valence-electron chi connectivity index (χ0n) is 12.0. The highest BCUT2D eigenvalue weighted by Gasteiger charge is 2.11. The number of carbonyl (C=O) groups excluding carboxylic acids is 1. The van der Waals surface area contributed by atoms with Gasteiger partial charge in [0.15, 0.2) is 10.9 Å². The number of aromatic nitrogens is 2. The van der Waals surface area contributed by atoms with Crippen molar-refractivity contribution >= 4 is 33.5 Å². The van der Waals surface area contributed by atoms with Crippen LogP contribution < -0.4 is 4.74 Å². The quantitative estimate of drug-likeness (QED) is 0.457. The number of methoxy groups -OCH3 is 1. The molecule has 0 aliphatic rings. The van der Waals surface area contributed by atoms with Crippen molar-refractivity contribution in [2.24, 2.45) is 0 Å². The highest BCUT2D eigenvalue weighted by Crippen LogP contribution is 2.26. The summed E-state index contributed by atoms with van der Waals surface area (Å²) >= 11 is 4.73. The van der Waals surface area contributed by atoms with Crippen LogP contribution in [0.3, 0.4) is 0 Å². The Morgan fingerprint density at radius 2 is 1.90 bits per heavy atom. The average Bonchev–Trinajstić information content (AvgIpc) is 2.43. The van der Waals surface area contributed by atoms with Gasteiger partial charge < -0.3 is 4.74 Å². The van der Waals surface area contributed by atoms with Crippen LogP contribution in [0, 0.1) is 13.8 Å². The van der Waals surface area contributed by atoms with Crippen LogP contribution in [0.5, 0.6) is 5.75 Å². The Morgan fingerprint density at radius 3 is 2.48 bits per heavy atom. The predicted molar refractivity (Wildman–Crippen MR) is 87.3 cm³/mol. The van der Waals surface area contributed by atoms with Crippen LogP contribution in [-0.2, 0) is 0 Å². The number of ether oxygens (including phenoxy) is 1. The number of carbonyl (C=O) groups is 1. The fourth-order valence-corrected chi connectivity index (χ4v) is 3.20. The summed E-state index contributed by atoms with van der Waals surface area (Å²) in [5, 5.41) is 0.633. The number of nitrogens with zero attached hydrogens (tertiary/aromatic N) is 2. The van der Waals surface area contributed by atoms with E-state index in [0.29, 0.717) is 22.2 Å². The van der Waals surface area contributed by atoms with Crippen LogP contribution in [0.2, 0.25) is 0 Å². The topological polar surface area (TPSA) is 52.1 Å². The fraction of sp³-hybridized carbons (Fsp3) is 0.267. The van der Waals surface area contributed by atoms with Gasteiger partial charge in [0.25, 0.3) is 0 Å². The molecule has 6 heteroatoms. The number of benzene rings is 1. The number of Topliss-reactive ketones (excluding diaryl/α,β-unsaturated/α-hetero) is 1. The molecule has 110 valence electrons. The van der Waals surface area contributed by atoms with E-state index in [1.807, 2.05) is 19.9 Å². The Labute approximate surface area is 136 Å². The Kier molecular flexibility index (Phi) is 5.36. The van der Waals surface area contributed by atoms with Gasteiger partial charge in [-0.2, -0.15) is 0 Å². The summed E-state index contributed by atoms with van der Waals surface area (Å²) in [6.07, 6.45) is 0. The summed E-state index contributed by atoms with van der Waals surface area (Å²) in [5.41, 5.74) is 2.45. The molecule has 0 amide bonds.